The first kappa shape index (κ1) is 64.2. The molecule has 0 spiro atoms. The van der Waals surface area contributed by atoms with E-state index in [9.17, 15) is 52.7 Å². The number of fused-ring (bicyclic) bond motifs is 6. The maximum Gasteiger partial charge on any atom is 0.524 e. The molecular formula is C59H66Cl2N9O14PS. The lowest BCUT2D eigenvalue weighted by Crippen LogP contribution is -2.55. The molecule has 0 fully saturated rings. The van der Waals surface area contributed by atoms with E-state index in [0.29, 0.717) is 50.6 Å². The van der Waals surface area contributed by atoms with Crippen LogP contribution in [0.2, 0.25) is 0 Å². The SMILES string of the molecule is CC(=O)NCC(=O)NC(C(=O)NC(CCCN)C(=O)Nc1ccc(COC(=O)N(C)CCN(C)C(=O)Oc2cc3c(c4ccccc24)C(CCl)CN3C(=O)c2ccc(C(=O)N3CC(CCl)c4c3cc(OP(=O)(O)O)c3ccccc43)s2)cc1)C(C)C. The van der Waals surface area contributed by atoms with Gasteiger partial charge in [0.15, 0.2) is 0 Å². The first-order chi connectivity index (χ1) is 41.0. The van der Waals surface area contributed by atoms with Gasteiger partial charge in [0.2, 0.25) is 23.6 Å². The maximum atomic E-state index is 14.6. The van der Waals surface area contributed by atoms with Crippen LogP contribution < -0.4 is 46.1 Å². The fourth-order valence-corrected chi connectivity index (χ4v) is 12.0. The Labute approximate surface area is 509 Å². The quantitative estimate of drug-likeness (QED) is 0.0240. The number of phosphoric acid groups is 1. The van der Waals surface area contributed by atoms with Gasteiger partial charge in [0.1, 0.15) is 30.2 Å². The van der Waals surface area contributed by atoms with Crippen molar-refractivity contribution in [2.75, 3.05) is 80.2 Å². The third-order valence-electron chi connectivity index (χ3n) is 14.6. The van der Waals surface area contributed by atoms with Crippen molar-refractivity contribution in [3.63, 3.8) is 0 Å². The topological polar surface area (TPSA) is 309 Å². The molecule has 6 aromatic rings. The number of nitrogens with two attached hydrogens (primary N) is 1. The first-order valence-corrected chi connectivity index (χ1v) is 30.9. The van der Waals surface area contributed by atoms with Crippen LogP contribution in [0.15, 0.2) is 97.1 Å². The van der Waals surface area contributed by atoms with Crippen molar-refractivity contribution in [3.05, 3.63) is 124 Å². The van der Waals surface area contributed by atoms with Crippen LogP contribution in [0.5, 0.6) is 11.5 Å². The first-order valence-electron chi connectivity index (χ1n) is 27.5. The van der Waals surface area contributed by atoms with E-state index < -0.39 is 67.5 Å². The molecule has 2 aliphatic heterocycles. The van der Waals surface area contributed by atoms with Gasteiger partial charge in [0.25, 0.3) is 11.8 Å². The number of likely N-dealkylation sites (N-methyl/N-ethyl adjacent to an activating group) is 2. The highest BCUT2D eigenvalue weighted by Crippen LogP contribution is 2.50. The summed E-state index contributed by atoms with van der Waals surface area (Å²) in [5.41, 5.74) is 9.06. The molecule has 23 nitrogen and oxygen atoms in total. The summed E-state index contributed by atoms with van der Waals surface area (Å²) in [7, 11) is -1.98. The van der Waals surface area contributed by atoms with Crippen molar-refractivity contribution in [1.29, 1.82) is 0 Å². The van der Waals surface area contributed by atoms with Crippen molar-refractivity contribution in [2.24, 2.45) is 11.7 Å². The number of hydrogen-bond acceptors (Lipinski definition) is 14. The molecule has 8 N–H and O–H groups in total. The Bertz CT molecular complexity index is 3620. The summed E-state index contributed by atoms with van der Waals surface area (Å²) < 4.78 is 28.7. The van der Waals surface area contributed by atoms with Crippen molar-refractivity contribution < 1.29 is 66.7 Å². The smallest absolute Gasteiger partial charge is 0.445 e. The minimum atomic E-state index is -5.00. The predicted octanol–water partition coefficient (Wildman–Crippen LogP) is 7.63. The molecule has 86 heavy (non-hydrogen) atoms. The van der Waals surface area contributed by atoms with Crippen molar-refractivity contribution >= 4 is 129 Å². The Hall–Kier alpha value is -7.83. The van der Waals surface area contributed by atoms with Crippen LogP contribution in [-0.4, -0.2) is 144 Å². The van der Waals surface area contributed by atoms with Gasteiger partial charge in [-0.15, -0.1) is 34.5 Å². The van der Waals surface area contributed by atoms with E-state index in [-0.39, 0.29) is 103 Å². The fourth-order valence-electron chi connectivity index (χ4n) is 10.2. The number of ether oxygens (including phenoxy) is 2. The zero-order valence-electron chi connectivity index (χ0n) is 47.7. The standard InChI is InChI=1S/C59H66Cl2N9O14PS/c1-33(2)53(66-50(72)29-63-34(3)71)55(74)65-43(15-10-22-62)54(73)64-38-18-16-35(17-19-38)32-82-58(77)67(4)23-24-68(5)59(78)83-46-25-44-51(41-13-8-6-11-39(41)46)36(27-60)30-69(44)56(75)48-20-21-49(86-48)57(76)70-31-37(28-61)52-42-14-9-7-12-40(42)47(26-45(52)70)84-85(79,80)81/h6-9,11-14,16-21,25-26,33,36-37,43,53H,10,15,22-24,27-32,62H2,1-5H3,(H,63,71)(H,64,73)(H,65,74)(H,66,72)(H2,79,80,81). The summed E-state index contributed by atoms with van der Waals surface area (Å²) in [6.07, 6.45) is -0.794. The number of benzene rings is 5. The summed E-state index contributed by atoms with van der Waals surface area (Å²) in [4.78, 5) is 132. The molecule has 0 bridgehead atoms. The second-order valence-corrected chi connectivity index (χ2v) is 24.0. The highest BCUT2D eigenvalue weighted by molar-refractivity contribution is 7.46. The summed E-state index contributed by atoms with van der Waals surface area (Å²) >= 11 is 14.0. The number of thiophene rings is 1. The molecule has 0 saturated carbocycles. The van der Waals surface area contributed by atoms with Crippen LogP contribution in [0, 0.1) is 5.92 Å². The van der Waals surface area contributed by atoms with Gasteiger partial charge in [-0.3, -0.25) is 38.6 Å². The highest BCUT2D eigenvalue weighted by Gasteiger charge is 2.39. The second-order valence-electron chi connectivity index (χ2n) is 21.1. The molecule has 4 atom stereocenters. The van der Waals surface area contributed by atoms with Gasteiger partial charge < -0.3 is 60.6 Å². The Morgan fingerprint density at radius 3 is 1.77 bits per heavy atom. The molecule has 0 aliphatic carbocycles. The van der Waals surface area contributed by atoms with Crippen molar-refractivity contribution in [1.82, 2.24) is 25.8 Å². The number of phosphoric ester groups is 1. The number of anilines is 3. The third-order valence-corrected chi connectivity index (χ3v) is 16.9. The normalized spacial score (nSPS) is 15.1. The van der Waals surface area contributed by atoms with E-state index >= 15 is 0 Å². The Morgan fingerprint density at radius 1 is 0.733 bits per heavy atom. The Morgan fingerprint density at radius 2 is 1.26 bits per heavy atom. The van der Waals surface area contributed by atoms with Crippen LogP contribution in [0.4, 0.5) is 26.7 Å². The van der Waals surface area contributed by atoms with Crippen LogP contribution in [0.25, 0.3) is 21.5 Å². The zero-order chi connectivity index (χ0) is 62.1. The van der Waals surface area contributed by atoms with Gasteiger partial charge in [-0.25, -0.2) is 14.2 Å². The summed E-state index contributed by atoms with van der Waals surface area (Å²) in [6.45, 7) is 4.99. The average molecular weight is 1260 g/mol. The van der Waals surface area contributed by atoms with Gasteiger partial charge in [-0.05, 0) is 77.0 Å². The molecule has 8 amide bonds. The number of nitrogens with one attached hydrogen (secondary N) is 4. The number of carbonyl (C=O) groups is 8. The van der Waals surface area contributed by atoms with Crippen LogP contribution in [0.1, 0.15) is 81.5 Å². The molecule has 2 aliphatic rings. The van der Waals surface area contributed by atoms with Crippen molar-refractivity contribution in [3.8, 4) is 11.5 Å². The zero-order valence-corrected chi connectivity index (χ0v) is 50.9. The second kappa shape index (κ2) is 28.1. The molecule has 27 heteroatoms. The minimum absolute atomic E-state index is 0.0344. The number of amides is 8. The number of nitrogens with zero attached hydrogens (tertiary/aromatic N) is 4. The summed E-state index contributed by atoms with van der Waals surface area (Å²) in [6, 6.07) is 24.9. The van der Waals surface area contributed by atoms with Crippen molar-refractivity contribution in [2.45, 2.75) is 64.1 Å². The molecule has 3 heterocycles. The Kier molecular flexibility index (Phi) is 21.0. The van der Waals surface area contributed by atoms with Gasteiger partial charge in [-0.2, -0.15) is 0 Å². The molecule has 8 rings (SSSR count). The van der Waals surface area contributed by atoms with E-state index in [2.05, 4.69) is 21.3 Å². The van der Waals surface area contributed by atoms with Crippen LogP contribution in [-0.2, 0) is 35.1 Å². The molecule has 0 saturated heterocycles. The number of alkyl halides is 2. The van der Waals surface area contributed by atoms with Gasteiger partial charge in [-0.1, -0.05) is 74.5 Å². The van der Waals surface area contributed by atoms with Gasteiger partial charge >= 0.3 is 20.0 Å². The van der Waals surface area contributed by atoms with Gasteiger partial charge in [0, 0.05) is 99.4 Å². The molecular weight excluding hydrogens is 1190 g/mol. The third kappa shape index (κ3) is 15.0. The lowest BCUT2D eigenvalue weighted by molar-refractivity contribution is -0.132. The largest absolute Gasteiger partial charge is 0.524 e. The van der Waals surface area contributed by atoms with Gasteiger partial charge in [0.05, 0.1) is 27.7 Å². The monoisotopic (exact) mass is 1260 g/mol. The lowest BCUT2D eigenvalue weighted by atomic mass is 9.95. The Balaban J connectivity index is 0.877. The number of carbonyl (C=O) groups excluding carboxylic acids is 8. The molecule has 4 unspecified atom stereocenters. The molecule has 5 aromatic carbocycles. The predicted molar refractivity (Wildman–Crippen MR) is 327 cm³/mol. The van der Waals surface area contributed by atoms with E-state index in [1.165, 1.54) is 41.8 Å². The highest BCUT2D eigenvalue weighted by atomic mass is 35.5. The summed E-state index contributed by atoms with van der Waals surface area (Å²) in [5.74, 6) is -3.56. The van der Waals surface area contributed by atoms with Crippen LogP contribution >= 0.6 is 42.4 Å². The van der Waals surface area contributed by atoms with E-state index in [0.717, 1.165) is 22.5 Å². The molecule has 1 aromatic heterocycles. The number of hydrogen-bond donors (Lipinski definition) is 7. The molecule has 456 valence electrons. The number of rotatable bonds is 23. The maximum absolute atomic E-state index is 14.6. The number of halogens is 2. The lowest BCUT2D eigenvalue weighted by Gasteiger charge is -2.25. The molecule has 0 radical (unpaired) electrons. The van der Waals surface area contributed by atoms with E-state index in [4.69, 9.17) is 42.9 Å². The summed E-state index contributed by atoms with van der Waals surface area (Å²) in [5, 5.41) is 12.9. The van der Waals surface area contributed by atoms with Crippen LogP contribution in [0.3, 0.4) is 0 Å². The fraction of sp³-hybridized carbons (Fsp3) is 0.356. The average Bonchev–Trinajstić information content (AvgIpc) is 1.75. The van der Waals surface area contributed by atoms with E-state index in [1.807, 2.05) is 12.1 Å². The minimum Gasteiger partial charge on any atom is -0.445 e. The van der Waals surface area contributed by atoms with E-state index in [1.54, 1.807) is 97.6 Å².